The zero-order chi connectivity index (χ0) is 13.7. The van der Waals surface area contributed by atoms with Crippen molar-refractivity contribution in [3.8, 4) is 5.75 Å². The molecule has 7 heteroatoms. The number of nitrogens with one attached hydrogen (secondary N) is 1. The van der Waals surface area contributed by atoms with Gasteiger partial charge in [-0.25, -0.2) is 20.0 Å². The highest BCUT2D eigenvalue weighted by Gasteiger charge is 2.16. The Morgan fingerprint density at radius 3 is 2.89 bits per heavy atom. The Morgan fingerprint density at radius 1 is 1.67 bits per heavy atom. The van der Waals surface area contributed by atoms with E-state index in [1.165, 1.54) is 20.0 Å². The molecule has 0 saturated heterocycles. The number of aliphatic hydroxyl groups excluding tert-OH is 1. The van der Waals surface area contributed by atoms with E-state index in [4.69, 9.17) is 15.7 Å². The number of hydrazine groups is 1. The second-order valence-electron chi connectivity index (χ2n) is 3.70. The first-order valence-electron chi connectivity index (χ1n) is 5.32. The summed E-state index contributed by atoms with van der Waals surface area (Å²) in [6.45, 7) is 1.50. The molecule has 0 aliphatic heterocycles. The van der Waals surface area contributed by atoms with Gasteiger partial charge >= 0.3 is 6.03 Å². The Balaban J connectivity index is 2.99. The molecule has 0 aromatic heterocycles. The molecule has 18 heavy (non-hydrogen) atoms. The summed E-state index contributed by atoms with van der Waals surface area (Å²) in [7, 11) is 1.42. The molecule has 6 nitrogen and oxygen atoms in total. The fraction of sp³-hybridized carbons (Fsp3) is 0.364. The number of urea groups is 1. The predicted molar refractivity (Wildman–Crippen MR) is 64.7 cm³/mol. The van der Waals surface area contributed by atoms with E-state index in [9.17, 15) is 9.18 Å². The monoisotopic (exact) mass is 257 g/mol. The summed E-state index contributed by atoms with van der Waals surface area (Å²) in [6, 6.07) is 3.01. The van der Waals surface area contributed by atoms with Crippen LogP contribution in [0.5, 0.6) is 5.75 Å². The summed E-state index contributed by atoms with van der Waals surface area (Å²) >= 11 is 0. The SMILES string of the molecule is CNC(=O)N(N)c1ccc(F)cc1OCC(C)O. The van der Waals surface area contributed by atoms with E-state index in [1.54, 1.807) is 0 Å². The third-order valence-corrected chi connectivity index (χ3v) is 2.09. The Kier molecular flexibility index (Phi) is 4.87. The molecule has 100 valence electrons. The van der Waals surface area contributed by atoms with Gasteiger partial charge in [0.1, 0.15) is 23.9 Å². The van der Waals surface area contributed by atoms with Gasteiger partial charge in [0.05, 0.1) is 6.10 Å². The van der Waals surface area contributed by atoms with Gasteiger partial charge in [0, 0.05) is 13.1 Å². The van der Waals surface area contributed by atoms with E-state index < -0.39 is 18.0 Å². The Hall–Kier alpha value is -1.86. The summed E-state index contributed by atoms with van der Waals surface area (Å²) in [5.41, 5.74) is 0.205. The fourth-order valence-corrected chi connectivity index (χ4v) is 1.24. The minimum Gasteiger partial charge on any atom is -0.489 e. The lowest BCUT2D eigenvalue weighted by Gasteiger charge is -2.20. The Labute approximate surface area is 104 Å². The third-order valence-electron chi connectivity index (χ3n) is 2.09. The van der Waals surface area contributed by atoms with Crippen molar-refractivity contribution in [3.63, 3.8) is 0 Å². The fourth-order valence-electron chi connectivity index (χ4n) is 1.24. The molecule has 1 atom stereocenters. The molecule has 4 N–H and O–H groups in total. The van der Waals surface area contributed by atoms with Gasteiger partial charge in [-0.2, -0.15) is 0 Å². The number of halogens is 1. The molecule has 0 bridgehead atoms. The van der Waals surface area contributed by atoms with Crippen molar-refractivity contribution in [2.75, 3.05) is 18.7 Å². The normalized spacial score (nSPS) is 11.8. The summed E-state index contributed by atoms with van der Waals surface area (Å²) in [5, 5.41) is 12.3. The quantitative estimate of drug-likeness (QED) is 0.419. The van der Waals surface area contributed by atoms with Gasteiger partial charge in [-0.3, -0.25) is 0 Å². The molecule has 1 rings (SSSR count). The molecule has 0 aliphatic carbocycles. The van der Waals surface area contributed by atoms with Crippen LogP contribution in [0.2, 0.25) is 0 Å². The van der Waals surface area contributed by atoms with E-state index in [0.717, 1.165) is 17.1 Å². The maximum atomic E-state index is 13.1. The lowest BCUT2D eigenvalue weighted by atomic mass is 10.2. The maximum absolute atomic E-state index is 13.1. The van der Waals surface area contributed by atoms with Crippen LogP contribution in [-0.4, -0.2) is 30.9 Å². The number of carbonyl (C=O) groups is 1. The number of nitrogens with two attached hydrogens (primary N) is 1. The van der Waals surface area contributed by atoms with Crippen molar-refractivity contribution in [3.05, 3.63) is 24.0 Å². The minimum absolute atomic E-state index is 0.0297. The lowest BCUT2D eigenvalue weighted by molar-refractivity contribution is 0.123. The molecule has 2 amide bonds. The minimum atomic E-state index is -0.715. The van der Waals surface area contributed by atoms with E-state index in [1.807, 2.05) is 0 Å². The van der Waals surface area contributed by atoms with Crippen molar-refractivity contribution in [2.45, 2.75) is 13.0 Å². The number of carbonyl (C=O) groups excluding carboxylic acids is 1. The number of benzene rings is 1. The molecule has 0 radical (unpaired) electrons. The van der Waals surface area contributed by atoms with Crippen LogP contribution in [0.15, 0.2) is 18.2 Å². The van der Waals surface area contributed by atoms with Gasteiger partial charge < -0.3 is 15.2 Å². The first kappa shape index (κ1) is 14.2. The largest absolute Gasteiger partial charge is 0.489 e. The summed E-state index contributed by atoms with van der Waals surface area (Å²) in [6.07, 6.45) is -0.715. The summed E-state index contributed by atoms with van der Waals surface area (Å²) in [4.78, 5) is 11.4. The van der Waals surface area contributed by atoms with Crippen LogP contribution in [0.1, 0.15) is 6.92 Å². The van der Waals surface area contributed by atoms with Gasteiger partial charge in [0.25, 0.3) is 0 Å². The number of rotatable bonds is 4. The molecule has 1 unspecified atom stereocenters. The van der Waals surface area contributed by atoms with Gasteiger partial charge in [-0.05, 0) is 19.1 Å². The summed E-state index contributed by atoms with van der Waals surface area (Å²) in [5.74, 6) is 5.12. The Bertz CT molecular complexity index is 426. The van der Waals surface area contributed by atoms with Crippen LogP contribution in [0.25, 0.3) is 0 Å². The van der Waals surface area contributed by atoms with Crippen molar-refractivity contribution < 1.29 is 19.0 Å². The predicted octanol–water partition coefficient (Wildman–Crippen LogP) is 0.605. The Morgan fingerprint density at radius 2 is 2.33 bits per heavy atom. The van der Waals surface area contributed by atoms with Gasteiger partial charge in [-0.15, -0.1) is 0 Å². The van der Waals surface area contributed by atoms with Crippen LogP contribution in [0.4, 0.5) is 14.9 Å². The number of hydrogen-bond acceptors (Lipinski definition) is 4. The zero-order valence-electron chi connectivity index (χ0n) is 10.2. The van der Waals surface area contributed by atoms with E-state index in [0.29, 0.717) is 0 Å². The maximum Gasteiger partial charge on any atom is 0.336 e. The standard InChI is InChI=1S/C11H16FN3O3/c1-7(16)6-18-10-5-8(12)3-4-9(10)15(13)11(17)14-2/h3-5,7,16H,6,13H2,1-2H3,(H,14,17). The number of anilines is 1. The smallest absolute Gasteiger partial charge is 0.336 e. The van der Waals surface area contributed by atoms with E-state index in [2.05, 4.69) is 5.32 Å². The van der Waals surface area contributed by atoms with Crippen LogP contribution < -0.4 is 20.9 Å². The molecule has 0 spiro atoms. The molecule has 1 aromatic carbocycles. The molecule has 0 heterocycles. The van der Waals surface area contributed by atoms with Crippen molar-refractivity contribution in [1.82, 2.24) is 5.32 Å². The lowest BCUT2D eigenvalue weighted by Crippen LogP contribution is -2.43. The second kappa shape index (κ2) is 6.18. The number of nitrogens with zero attached hydrogens (tertiary/aromatic N) is 1. The van der Waals surface area contributed by atoms with Crippen molar-refractivity contribution >= 4 is 11.7 Å². The van der Waals surface area contributed by atoms with Gasteiger partial charge in [0.2, 0.25) is 0 Å². The molecule has 0 aliphatic rings. The molecular weight excluding hydrogens is 241 g/mol. The zero-order valence-corrected chi connectivity index (χ0v) is 10.2. The van der Waals surface area contributed by atoms with Crippen LogP contribution in [-0.2, 0) is 0 Å². The van der Waals surface area contributed by atoms with Crippen molar-refractivity contribution in [1.29, 1.82) is 0 Å². The molecular formula is C11H16FN3O3. The van der Waals surface area contributed by atoms with E-state index in [-0.39, 0.29) is 18.0 Å². The summed E-state index contributed by atoms with van der Waals surface area (Å²) < 4.78 is 18.3. The topological polar surface area (TPSA) is 87.8 Å². The van der Waals surface area contributed by atoms with Crippen LogP contribution in [0.3, 0.4) is 0 Å². The van der Waals surface area contributed by atoms with Crippen LogP contribution in [0, 0.1) is 5.82 Å². The first-order valence-corrected chi connectivity index (χ1v) is 5.32. The van der Waals surface area contributed by atoms with Gasteiger partial charge in [0.15, 0.2) is 0 Å². The highest BCUT2D eigenvalue weighted by molar-refractivity contribution is 5.92. The molecule has 0 fully saturated rings. The van der Waals surface area contributed by atoms with Crippen molar-refractivity contribution in [2.24, 2.45) is 5.84 Å². The first-order chi connectivity index (χ1) is 8.45. The number of amides is 2. The highest BCUT2D eigenvalue weighted by Crippen LogP contribution is 2.27. The van der Waals surface area contributed by atoms with Gasteiger partial charge in [-0.1, -0.05) is 0 Å². The average Bonchev–Trinajstić information content (AvgIpc) is 2.34. The molecule has 0 saturated carbocycles. The number of aliphatic hydroxyl groups is 1. The number of hydrogen-bond donors (Lipinski definition) is 3. The highest BCUT2D eigenvalue weighted by atomic mass is 19.1. The average molecular weight is 257 g/mol. The number of ether oxygens (including phenoxy) is 1. The second-order valence-corrected chi connectivity index (χ2v) is 3.70. The third kappa shape index (κ3) is 3.57. The van der Waals surface area contributed by atoms with Crippen LogP contribution >= 0.6 is 0 Å². The van der Waals surface area contributed by atoms with E-state index >= 15 is 0 Å². The molecule has 1 aromatic rings.